The molecule has 1 aliphatic heterocycles. The molecule has 3 aliphatic carbocycles. The largest absolute Gasteiger partial charge is 0.455 e. The number of benzene rings is 1. The lowest BCUT2D eigenvalue weighted by Gasteiger charge is -2.73. The molecule has 2 bridgehead atoms. The molecule has 1 heterocycles. The van der Waals surface area contributed by atoms with Gasteiger partial charge in [0.05, 0.1) is 27.9 Å². The molecule has 17 heteroatoms. The zero-order chi connectivity index (χ0) is 31.7. The minimum Gasteiger partial charge on any atom is -0.360 e. The van der Waals surface area contributed by atoms with Crippen molar-refractivity contribution in [3.8, 4) is 0 Å². The second-order valence-corrected chi connectivity index (χ2v) is 14.9. The first-order valence-corrected chi connectivity index (χ1v) is 15.2. The first kappa shape index (κ1) is 33.1. The molecule has 0 unspecified atom stereocenters. The summed E-state index contributed by atoms with van der Waals surface area (Å²) >= 11 is 12.1. The summed E-state index contributed by atoms with van der Waals surface area (Å²) in [6.45, 7) is 1.54. The molecular formula is C25H29Cl2F7N4O3S. The van der Waals surface area contributed by atoms with Gasteiger partial charge >= 0.3 is 12.1 Å². The monoisotopic (exact) mass is 668 g/mol. The maximum Gasteiger partial charge on any atom is 0.455 e. The third kappa shape index (κ3) is 6.20. The lowest BCUT2D eigenvalue weighted by molar-refractivity contribution is -0.278. The van der Waals surface area contributed by atoms with Crippen LogP contribution in [0.4, 0.5) is 30.7 Å². The van der Waals surface area contributed by atoms with Crippen LogP contribution in [0.25, 0.3) is 0 Å². The summed E-state index contributed by atoms with van der Waals surface area (Å²) in [4.78, 5) is 17.1. The molecule has 3 saturated carbocycles. The van der Waals surface area contributed by atoms with Gasteiger partial charge in [-0.3, -0.25) is 9.79 Å². The Morgan fingerprint density at radius 1 is 1.10 bits per heavy atom. The Bertz CT molecular complexity index is 1380. The fourth-order valence-electron chi connectivity index (χ4n) is 5.79. The summed E-state index contributed by atoms with van der Waals surface area (Å²) in [5, 5.41) is 4.93. The standard InChI is InChI=1S/C25H29Cl2F7N4O3S/c1-20(2)17(18(39)35-13-24(30,31)25(32,33)34)36-19(37-20)22-10-23(11-22,12-22)38(42(40,41)7-6-21(3,28)29)9-14-4-5-15(26)16(27)8-14/h4-5,8,17H,6-7,9-13H2,1-3H3,(H,35,39)(H,36,37)/t17-,22?,23?/m0/s1. The molecule has 4 aliphatic rings. The van der Waals surface area contributed by atoms with Gasteiger partial charge in [-0.05, 0) is 57.7 Å². The van der Waals surface area contributed by atoms with Crippen LogP contribution < -0.4 is 10.6 Å². The van der Waals surface area contributed by atoms with Crippen LogP contribution in [-0.4, -0.2) is 71.9 Å². The maximum atomic E-state index is 13.6. The van der Waals surface area contributed by atoms with E-state index in [1.807, 2.05) is 0 Å². The van der Waals surface area contributed by atoms with Gasteiger partial charge in [-0.15, -0.1) is 0 Å². The Morgan fingerprint density at radius 3 is 2.21 bits per heavy atom. The quantitative estimate of drug-likeness (QED) is 0.303. The van der Waals surface area contributed by atoms with E-state index in [0.717, 1.165) is 0 Å². The topological polar surface area (TPSA) is 90.9 Å². The van der Waals surface area contributed by atoms with E-state index in [-0.39, 0.29) is 35.9 Å². The van der Waals surface area contributed by atoms with Crippen molar-refractivity contribution in [2.75, 3.05) is 12.3 Å². The molecule has 3 fully saturated rings. The number of carbonyl (C=O) groups is 1. The Balaban J connectivity index is 1.50. The van der Waals surface area contributed by atoms with E-state index in [0.29, 0.717) is 18.3 Å². The smallest absolute Gasteiger partial charge is 0.360 e. The maximum absolute atomic E-state index is 13.6. The molecule has 5 rings (SSSR count). The van der Waals surface area contributed by atoms with Crippen LogP contribution in [0.3, 0.4) is 0 Å². The number of nitrogens with zero attached hydrogens (tertiary/aromatic N) is 2. The number of nitrogens with one attached hydrogen (secondary N) is 2. The van der Waals surface area contributed by atoms with Crippen LogP contribution in [0.5, 0.6) is 0 Å². The molecule has 0 spiro atoms. The van der Waals surface area contributed by atoms with Crippen molar-refractivity contribution in [3.63, 3.8) is 0 Å². The summed E-state index contributed by atoms with van der Waals surface area (Å²) in [6.07, 6.45) is -6.04. The normalized spacial score (nSPS) is 27.2. The minimum absolute atomic E-state index is 0.158. The second kappa shape index (κ2) is 10.4. The fraction of sp³-hybridized carbons (Fsp3) is 0.680. The van der Waals surface area contributed by atoms with Gasteiger partial charge in [0.1, 0.15) is 11.9 Å². The third-order valence-corrected chi connectivity index (χ3v) is 10.7. The van der Waals surface area contributed by atoms with Gasteiger partial charge in [-0.25, -0.2) is 17.2 Å². The molecule has 0 radical (unpaired) electrons. The second-order valence-electron chi connectivity index (χ2n) is 12.0. The van der Waals surface area contributed by atoms with Gasteiger partial charge in [0.25, 0.3) is 0 Å². The van der Waals surface area contributed by atoms with Gasteiger partial charge in [0.15, 0.2) is 0 Å². The predicted octanol–water partition coefficient (Wildman–Crippen LogP) is 5.56. The fourth-order valence-corrected chi connectivity index (χ4v) is 8.08. The van der Waals surface area contributed by atoms with Crippen molar-refractivity contribution in [2.24, 2.45) is 10.4 Å². The molecular weight excluding hydrogens is 640 g/mol. The van der Waals surface area contributed by atoms with Crippen LogP contribution in [-0.2, 0) is 21.4 Å². The molecule has 2 N–H and O–H groups in total. The van der Waals surface area contributed by atoms with Gasteiger partial charge in [0, 0.05) is 23.9 Å². The predicted molar refractivity (Wildman–Crippen MR) is 142 cm³/mol. The van der Waals surface area contributed by atoms with E-state index in [9.17, 15) is 43.9 Å². The third-order valence-electron chi connectivity index (χ3n) is 8.03. The van der Waals surface area contributed by atoms with E-state index in [2.05, 4.69) is 10.3 Å². The lowest BCUT2D eigenvalue weighted by atomic mass is 9.38. The minimum atomic E-state index is -5.84. The number of halogens is 9. The van der Waals surface area contributed by atoms with Crippen molar-refractivity contribution < 1.29 is 43.9 Å². The van der Waals surface area contributed by atoms with Crippen molar-refractivity contribution in [2.45, 2.75) is 88.1 Å². The van der Waals surface area contributed by atoms with Crippen LogP contribution in [0, 0.1) is 5.41 Å². The molecule has 1 amide bonds. The first-order chi connectivity index (χ1) is 18.9. The molecule has 1 atom stereocenters. The van der Waals surface area contributed by atoms with E-state index < -0.39 is 75.2 Å². The number of hydrogen-bond acceptors (Lipinski definition) is 5. The van der Waals surface area contributed by atoms with Gasteiger partial charge < -0.3 is 10.6 Å². The van der Waals surface area contributed by atoms with E-state index in [1.165, 1.54) is 30.3 Å². The van der Waals surface area contributed by atoms with Crippen LogP contribution in [0.1, 0.15) is 52.0 Å². The van der Waals surface area contributed by atoms with Crippen LogP contribution in [0.15, 0.2) is 23.2 Å². The Labute approximate surface area is 248 Å². The molecule has 42 heavy (non-hydrogen) atoms. The summed E-state index contributed by atoms with van der Waals surface area (Å²) in [7, 11) is -4.20. The molecule has 7 nitrogen and oxygen atoms in total. The van der Waals surface area contributed by atoms with Crippen molar-refractivity contribution >= 4 is 45.0 Å². The van der Waals surface area contributed by atoms with Gasteiger partial charge in [-0.2, -0.15) is 26.3 Å². The number of rotatable bonds is 11. The zero-order valence-electron chi connectivity index (χ0n) is 22.7. The first-order valence-electron chi connectivity index (χ1n) is 12.8. The van der Waals surface area contributed by atoms with Crippen LogP contribution >= 0.6 is 23.2 Å². The average Bonchev–Trinajstić information content (AvgIpc) is 3.10. The highest BCUT2D eigenvalue weighted by Crippen LogP contribution is 2.71. The van der Waals surface area contributed by atoms with E-state index in [1.54, 1.807) is 11.4 Å². The van der Waals surface area contributed by atoms with Crippen molar-refractivity contribution in [1.29, 1.82) is 0 Å². The molecule has 1 aromatic rings. The zero-order valence-corrected chi connectivity index (χ0v) is 25.0. The van der Waals surface area contributed by atoms with Crippen molar-refractivity contribution in [1.82, 2.24) is 14.9 Å². The van der Waals surface area contributed by atoms with Gasteiger partial charge in [0.2, 0.25) is 21.9 Å². The Hall–Kier alpha value is -1.84. The van der Waals surface area contributed by atoms with E-state index in [4.69, 9.17) is 23.2 Å². The lowest BCUT2D eigenvalue weighted by Crippen LogP contribution is -2.78. The highest BCUT2D eigenvalue weighted by molar-refractivity contribution is 7.89. The average molecular weight is 669 g/mol. The van der Waals surface area contributed by atoms with E-state index >= 15 is 0 Å². The number of amides is 1. The number of amidine groups is 1. The molecule has 0 saturated heterocycles. The summed E-state index contributed by atoms with van der Waals surface area (Å²) in [5.41, 5.74) is -2.37. The molecule has 236 valence electrons. The number of carbonyl (C=O) groups excluding carboxylic acids is 1. The summed E-state index contributed by atoms with van der Waals surface area (Å²) in [6, 6.07) is 3.29. The summed E-state index contributed by atoms with van der Waals surface area (Å²) < 4.78 is 119. The Kier molecular flexibility index (Phi) is 8.16. The number of aliphatic imine (C=N–C) groups is 1. The van der Waals surface area contributed by atoms with Crippen molar-refractivity contribution in [3.05, 3.63) is 33.8 Å². The molecule has 0 aromatic heterocycles. The highest BCUT2D eigenvalue weighted by atomic mass is 35.5. The number of sulfonamides is 1. The summed E-state index contributed by atoms with van der Waals surface area (Å²) in [5.74, 6) is -9.93. The van der Waals surface area contributed by atoms with Gasteiger partial charge in [-0.1, -0.05) is 29.3 Å². The SMILES string of the molecule is CC(F)(F)CCS(=O)(=O)N(Cc1ccc(Cl)c(Cl)c1)C12CC(C3=NC(C)(C)[C@H](C(=O)NCC(F)(F)C(F)(F)F)N3)(C1)C2. The molecule has 1 aromatic carbocycles. The number of alkyl halides is 7. The van der Waals surface area contributed by atoms with Crippen LogP contribution in [0.2, 0.25) is 10.0 Å². The number of hydrogen-bond donors (Lipinski definition) is 2. The Morgan fingerprint density at radius 2 is 1.69 bits per heavy atom. The highest BCUT2D eigenvalue weighted by Gasteiger charge is 2.75.